The number of hydrogen-bond donors (Lipinski definition) is 2. The van der Waals surface area contributed by atoms with E-state index < -0.39 is 0 Å². The van der Waals surface area contributed by atoms with Gasteiger partial charge in [-0.1, -0.05) is 22.0 Å². The average molecular weight is 257 g/mol. The van der Waals surface area contributed by atoms with Crippen molar-refractivity contribution in [3.05, 3.63) is 28.2 Å². The summed E-state index contributed by atoms with van der Waals surface area (Å²) >= 11 is 3.49. The summed E-state index contributed by atoms with van der Waals surface area (Å²) in [6.07, 6.45) is 0. The Kier molecular flexibility index (Phi) is 3.56. The van der Waals surface area contributed by atoms with E-state index in [2.05, 4.69) is 48.1 Å². The van der Waals surface area contributed by atoms with Crippen molar-refractivity contribution >= 4 is 21.6 Å². The Morgan fingerprint density at radius 2 is 2.00 bits per heavy atom. The van der Waals surface area contributed by atoms with Gasteiger partial charge in [-0.3, -0.25) is 0 Å². The zero-order valence-electron chi connectivity index (χ0n) is 8.89. The first kappa shape index (κ1) is 11.5. The molecule has 1 rings (SSSR count). The third kappa shape index (κ3) is 3.00. The summed E-state index contributed by atoms with van der Waals surface area (Å²) in [5, 5.41) is 3.43. The molecule has 0 bridgehead atoms. The smallest absolute Gasteiger partial charge is 0.0401 e. The van der Waals surface area contributed by atoms with E-state index in [1.54, 1.807) is 0 Å². The van der Waals surface area contributed by atoms with Gasteiger partial charge in [0, 0.05) is 27.8 Å². The molecule has 0 fully saturated rings. The van der Waals surface area contributed by atoms with Crippen LogP contribution in [0.1, 0.15) is 26.3 Å². The number of nitrogens with two attached hydrogens (primary N) is 1. The second kappa shape index (κ2) is 4.32. The minimum Gasteiger partial charge on any atom is -0.380 e. The third-order valence-corrected chi connectivity index (χ3v) is 2.58. The Morgan fingerprint density at radius 3 is 2.50 bits per heavy atom. The van der Waals surface area contributed by atoms with Crippen LogP contribution in [0.15, 0.2) is 22.7 Å². The lowest BCUT2D eigenvalue weighted by Crippen LogP contribution is -2.27. The molecule has 0 spiro atoms. The fourth-order valence-electron chi connectivity index (χ4n) is 1.29. The van der Waals surface area contributed by atoms with E-state index in [0.29, 0.717) is 6.54 Å². The zero-order valence-corrected chi connectivity index (χ0v) is 10.5. The van der Waals surface area contributed by atoms with Crippen molar-refractivity contribution < 1.29 is 0 Å². The van der Waals surface area contributed by atoms with Crippen LogP contribution in [0.4, 0.5) is 5.69 Å². The summed E-state index contributed by atoms with van der Waals surface area (Å²) in [5.74, 6) is 0. The van der Waals surface area contributed by atoms with E-state index >= 15 is 0 Å². The minimum absolute atomic E-state index is 0.0602. The number of rotatable bonds is 2. The Bertz CT molecular complexity index is 316. The van der Waals surface area contributed by atoms with Gasteiger partial charge < -0.3 is 11.1 Å². The Morgan fingerprint density at radius 1 is 1.36 bits per heavy atom. The molecule has 2 nitrogen and oxygen atoms in total. The quantitative estimate of drug-likeness (QED) is 0.854. The fraction of sp³-hybridized carbons (Fsp3) is 0.455. The molecule has 3 N–H and O–H groups in total. The highest BCUT2D eigenvalue weighted by Gasteiger charge is 2.12. The van der Waals surface area contributed by atoms with Crippen molar-refractivity contribution in [3.63, 3.8) is 0 Å². The maximum atomic E-state index is 5.70. The molecule has 0 aliphatic carbocycles. The minimum atomic E-state index is 0.0602. The van der Waals surface area contributed by atoms with Crippen LogP contribution in [0.3, 0.4) is 0 Å². The maximum Gasteiger partial charge on any atom is 0.0401 e. The van der Waals surface area contributed by atoms with Gasteiger partial charge in [0.2, 0.25) is 0 Å². The molecule has 1 aromatic rings. The molecule has 0 unspecified atom stereocenters. The van der Waals surface area contributed by atoms with E-state index in [4.69, 9.17) is 5.73 Å². The molecule has 0 saturated heterocycles. The van der Waals surface area contributed by atoms with Gasteiger partial charge in [-0.15, -0.1) is 0 Å². The number of anilines is 1. The summed E-state index contributed by atoms with van der Waals surface area (Å²) in [6.45, 7) is 6.94. The van der Waals surface area contributed by atoms with Crippen LogP contribution < -0.4 is 11.1 Å². The summed E-state index contributed by atoms with van der Waals surface area (Å²) in [5.41, 5.74) is 7.99. The Hall–Kier alpha value is -0.540. The SMILES string of the molecule is CC(C)(C)Nc1cccc(Br)c1CN. The van der Waals surface area contributed by atoms with Gasteiger partial charge in [0.25, 0.3) is 0 Å². The molecule has 0 aliphatic heterocycles. The van der Waals surface area contributed by atoms with Crippen LogP contribution in [-0.2, 0) is 6.54 Å². The van der Waals surface area contributed by atoms with Gasteiger partial charge >= 0.3 is 0 Å². The number of benzene rings is 1. The van der Waals surface area contributed by atoms with Crippen molar-refractivity contribution in [3.8, 4) is 0 Å². The topological polar surface area (TPSA) is 38.0 Å². The molecule has 3 heteroatoms. The summed E-state index contributed by atoms with van der Waals surface area (Å²) in [6, 6.07) is 6.07. The normalized spacial score (nSPS) is 11.5. The molecule has 78 valence electrons. The fourth-order valence-corrected chi connectivity index (χ4v) is 1.82. The van der Waals surface area contributed by atoms with E-state index in [-0.39, 0.29) is 5.54 Å². The first-order chi connectivity index (χ1) is 6.44. The predicted molar refractivity (Wildman–Crippen MR) is 65.4 cm³/mol. The van der Waals surface area contributed by atoms with E-state index in [1.165, 1.54) is 0 Å². The lowest BCUT2D eigenvalue weighted by Gasteiger charge is -2.24. The van der Waals surface area contributed by atoms with E-state index in [9.17, 15) is 0 Å². The van der Waals surface area contributed by atoms with Crippen molar-refractivity contribution in [1.29, 1.82) is 0 Å². The van der Waals surface area contributed by atoms with Crippen LogP contribution in [-0.4, -0.2) is 5.54 Å². The highest BCUT2D eigenvalue weighted by molar-refractivity contribution is 9.10. The highest BCUT2D eigenvalue weighted by atomic mass is 79.9. The molecule has 14 heavy (non-hydrogen) atoms. The van der Waals surface area contributed by atoms with Crippen LogP contribution >= 0.6 is 15.9 Å². The molecule has 0 amide bonds. The number of nitrogens with one attached hydrogen (secondary N) is 1. The summed E-state index contributed by atoms with van der Waals surface area (Å²) in [4.78, 5) is 0. The van der Waals surface area contributed by atoms with E-state index in [0.717, 1.165) is 15.7 Å². The molecule has 0 aliphatic rings. The Balaban J connectivity index is 3.02. The van der Waals surface area contributed by atoms with Crippen LogP contribution in [0.5, 0.6) is 0 Å². The van der Waals surface area contributed by atoms with Crippen molar-refractivity contribution in [1.82, 2.24) is 0 Å². The van der Waals surface area contributed by atoms with Crippen LogP contribution in [0.2, 0.25) is 0 Å². The second-order valence-electron chi connectivity index (χ2n) is 4.35. The summed E-state index contributed by atoms with van der Waals surface area (Å²) in [7, 11) is 0. The largest absolute Gasteiger partial charge is 0.380 e. The van der Waals surface area contributed by atoms with Crippen molar-refractivity contribution in [2.75, 3.05) is 5.32 Å². The standard InChI is InChI=1S/C11H17BrN2/c1-11(2,3)14-10-6-4-5-9(12)8(10)7-13/h4-6,14H,7,13H2,1-3H3. The molecule has 0 aromatic heterocycles. The molecule has 0 atom stereocenters. The van der Waals surface area contributed by atoms with Gasteiger partial charge in [-0.05, 0) is 32.9 Å². The van der Waals surface area contributed by atoms with Gasteiger partial charge in [0.1, 0.15) is 0 Å². The zero-order chi connectivity index (χ0) is 10.8. The average Bonchev–Trinajstić information content (AvgIpc) is 2.01. The highest BCUT2D eigenvalue weighted by Crippen LogP contribution is 2.26. The maximum absolute atomic E-state index is 5.70. The molecule has 1 aromatic carbocycles. The first-order valence-electron chi connectivity index (χ1n) is 4.69. The third-order valence-electron chi connectivity index (χ3n) is 1.83. The van der Waals surface area contributed by atoms with Gasteiger partial charge in [-0.2, -0.15) is 0 Å². The van der Waals surface area contributed by atoms with Gasteiger partial charge in [0.15, 0.2) is 0 Å². The lowest BCUT2D eigenvalue weighted by molar-refractivity contribution is 0.632. The Labute approximate surface area is 94.0 Å². The van der Waals surface area contributed by atoms with Crippen molar-refractivity contribution in [2.24, 2.45) is 5.73 Å². The molecule has 0 saturated carbocycles. The van der Waals surface area contributed by atoms with E-state index in [1.807, 2.05) is 12.1 Å². The van der Waals surface area contributed by atoms with Crippen LogP contribution in [0.25, 0.3) is 0 Å². The monoisotopic (exact) mass is 256 g/mol. The van der Waals surface area contributed by atoms with Crippen molar-refractivity contribution in [2.45, 2.75) is 32.9 Å². The molecule has 0 radical (unpaired) electrons. The lowest BCUT2D eigenvalue weighted by atomic mass is 10.1. The van der Waals surface area contributed by atoms with Crippen LogP contribution in [0, 0.1) is 0 Å². The number of hydrogen-bond acceptors (Lipinski definition) is 2. The van der Waals surface area contributed by atoms with Gasteiger partial charge in [-0.25, -0.2) is 0 Å². The molecular weight excluding hydrogens is 240 g/mol. The molecule has 0 heterocycles. The van der Waals surface area contributed by atoms with Gasteiger partial charge in [0.05, 0.1) is 0 Å². The summed E-state index contributed by atoms with van der Waals surface area (Å²) < 4.78 is 1.06. The molecular formula is C11H17BrN2. The predicted octanol–water partition coefficient (Wildman–Crippen LogP) is 3.12. The first-order valence-corrected chi connectivity index (χ1v) is 5.49. The second-order valence-corrected chi connectivity index (χ2v) is 5.20. The number of halogens is 1.